The molecule has 0 spiro atoms. The third-order valence-electron chi connectivity index (χ3n) is 4.97. The first-order chi connectivity index (χ1) is 14.3. The molecule has 3 aromatic rings. The van der Waals surface area contributed by atoms with E-state index in [0.29, 0.717) is 12.2 Å². The Hall–Kier alpha value is -2.51. The van der Waals surface area contributed by atoms with Crippen LogP contribution in [0.5, 0.6) is 0 Å². The van der Waals surface area contributed by atoms with E-state index in [2.05, 4.69) is 24.0 Å². The molecule has 0 aliphatic carbocycles. The summed E-state index contributed by atoms with van der Waals surface area (Å²) in [6.07, 6.45) is 0.966. The van der Waals surface area contributed by atoms with Gasteiger partial charge in [-0.15, -0.1) is 11.3 Å². The van der Waals surface area contributed by atoms with Gasteiger partial charge < -0.3 is 4.90 Å². The van der Waals surface area contributed by atoms with Gasteiger partial charge >= 0.3 is 0 Å². The van der Waals surface area contributed by atoms with Crippen LogP contribution in [0.15, 0.2) is 53.9 Å². The van der Waals surface area contributed by atoms with Gasteiger partial charge in [0.25, 0.3) is 0 Å². The average Bonchev–Trinajstić information content (AvgIpc) is 3.17. The van der Waals surface area contributed by atoms with E-state index in [1.165, 1.54) is 21.8 Å². The Bertz CT molecular complexity index is 1120. The van der Waals surface area contributed by atoms with Crippen molar-refractivity contribution < 1.29 is 13.2 Å². The molecule has 158 valence electrons. The molecule has 0 unspecified atom stereocenters. The highest BCUT2D eigenvalue weighted by Crippen LogP contribution is 2.25. The Balaban J connectivity index is 1.62. The van der Waals surface area contributed by atoms with E-state index >= 15 is 0 Å². The smallest absolute Gasteiger partial charge is 0.237 e. The number of nitrogens with zero attached hydrogens (tertiary/aromatic N) is 2. The highest BCUT2D eigenvalue weighted by atomic mass is 32.2. The molecule has 0 saturated heterocycles. The quantitative estimate of drug-likeness (QED) is 0.523. The summed E-state index contributed by atoms with van der Waals surface area (Å²) in [5, 5.41) is 2.54. The number of aromatic nitrogens is 1. The van der Waals surface area contributed by atoms with Crippen molar-refractivity contribution in [1.82, 2.24) is 9.88 Å². The fourth-order valence-corrected chi connectivity index (χ4v) is 5.32. The number of carbonyl (C=O) groups is 1. The van der Waals surface area contributed by atoms with Crippen molar-refractivity contribution in [3.63, 3.8) is 0 Å². The molecule has 1 heterocycles. The number of benzene rings is 2. The van der Waals surface area contributed by atoms with Gasteiger partial charge in [0.1, 0.15) is 10.8 Å². The molecule has 0 fully saturated rings. The molecule has 5 nitrogen and oxygen atoms in total. The number of aryl methyl sites for hydroxylation is 2. The molecule has 3 rings (SSSR count). The van der Waals surface area contributed by atoms with Gasteiger partial charge in [-0.2, -0.15) is 0 Å². The van der Waals surface area contributed by atoms with Crippen LogP contribution in [0.1, 0.15) is 29.3 Å². The molecule has 1 aromatic heterocycles. The third-order valence-corrected chi connectivity index (χ3v) is 7.33. The van der Waals surface area contributed by atoms with Crippen LogP contribution in [-0.2, 0) is 33.4 Å². The van der Waals surface area contributed by atoms with Crippen LogP contribution in [0.2, 0.25) is 0 Å². The number of carbonyl (C=O) groups excluding carboxylic acids is 1. The number of sulfone groups is 1. The van der Waals surface area contributed by atoms with Crippen molar-refractivity contribution in [1.29, 1.82) is 0 Å². The molecule has 0 atom stereocenters. The molecular weight excluding hydrogens is 416 g/mol. The van der Waals surface area contributed by atoms with Crippen molar-refractivity contribution in [2.75, 3.05) is 12.8 Å². The summed E-state index contributed by atoms with van der Waals surface area (Å²) in [4.78, 5) is 18.4. The van der Waals surface area contributed by atoms with Crippen molar-refractivity contribution in [2.24, 2.45) is 0 Å². The fraction of sp³-hybridized carbons (Fsp3) is 0.304. The maximum absolute atomic E-state index is 12.6. The zero-order valence-corrected chi connectivity index (χ0v) is 19.1. The predicted octanol–water partition coefficient (Wildman–Crippen LogP) is 4.25. The fourth-order valence-electron chi connectivity index (χ4n) is 3.09. The molecule has 2 aromatic carbocycles. The standard InChI is InChI=1S/C23H26N2O3S2/c1-4-18-9-11-19(12-10-18)23-24-21(14-29-23)15-30(27,28)16-22(26)25(3)13-20-8-6-5-7-17(20)2/h5-12,14H,4,13,15-16H2,1-3H3. The van der Waals surface area contributed by atoms with E-state index in [9.17, 15) is 13.2 Å². The van der Waals surface area contributed by atoms with Gasteiger partial charge in [-0.05, 0) is 30.0 Å². The van der Waals surface area contributed by atoms with Gasteiger partial charge in [-0.3, -0.25) is 4.79 Å². The maximum atomic E-state index is 12.6. The van der Waals surface area contributed by atoms with Crippen LogP contribution in [-0.4, -0.2) is 37.0 Å². The molecule has 1 amide bonds. The molecule has 0 N–H and O–H groups in total. The summed E-state index contributed by atoms with van der Waals surface area (Å²) >= 11 is 1.41. The summed E-state index contributed by atoms with van der Waals surface area (Å²) < 4.78 is 25.2. The minimum Gasteiger partial charge on any atom is -0.341 e. The second-order valence-electron chi connectivity index (χ2n) is 7.40. The lowest BCUT2D eigenvalue weighted by Crippen LogP contribution is -2.32. The molecule has 30 heavy (non-hydrogen) atoms. The summed E-state index contributed by atoms with van der Waals surface area (Å²) in [5.74, 6) is -1.17. The summed E-state index contributed by atoms with van der Waals surface area (Å²) in [7, 11) is -1.98. The first kappa shape index (κ1) is 22.2. The molecular formula is C23H26N2O3S2. The second-order valence-corrected chi connectivity index (χ2v) is 10.3. The molecule has 0 aliphatic rings. The highest BCUT2D eigenvalue weighted by molar-refractivity contribution is 7.91. The van der Waals surface area contributed by atoms with Crippen molar-refractivity contribution in [2.45, 2.75) is 32.6 Å². The van der Waals surface area contributed by atoms with Gasteiger partial charge in [-0.25, -0.2) is 13.4 Å². The van der Waals surface area contributed by atoms with Crippen LogP contribution >= 0.6 is 11.3 Å². The third kappa shape index (κ3) is 5.77. The Morgan fingerprint density at radius 1 is 1.10 bits per heavy atom. The van der Waals surface area contributed by atoms with E-state index in [-0.39, 0.29) is 5.75 Å². The van der Waals surface area contributed by atoms with Crippen LogP contribution in [0.4, 0.5) is 0 Å². The maximum Gasteiger partial charge on any atom is 0.237 e. The lowest BCUT2D eigenvalue weighted by molar-refractivity contribution is -0.127. The van der Waals surface area contributed by atoms with Crippen LogP contribution in [0, 0.1) is 6.92 Å². The minimum atomic E-state index is -3.61. The number of thiazole rings is 1. The van der Waals surface area contributed by atoms with E-state index in [0.717, 1.165) is 28.1 Å². The van der Waals surface area contributed by atoms with Crippen molar-refractivity contribution in [3.05, 3.63) is 76.3 Å². The van der Waals surface area contributed by atoms with Crippen LogP contribution < -0.4 is 0 Å². The zero-order chi connectivity index (χ0) is 21.7. The Labute approximate surface area is 182 Å². The van der Waals surface area contributed by atoms with Crippen LogP contribution in [0.25, 0.3) is 10.6 Å². The molecule has 0 bridgehead atoms. The monoisotopic (exact) mass is 442 g/mol. The summed E-state index contributed by atoms with van der Waals surface area (Å²) in [6.45, 7) is 4.46. The zero-order valence-electron chi connectivity index (χ0n) is 17.5. The van der Waals surface area contributed by atoms with Crippen molar-refractivity contribution in [3.8, 4) is 10.6 Å². The largest absolute Gasteiger partial charge is 0.341 e. The van der Waals surface area contributed by atoms with Crippen LogP contribution in [0.3, 0.4) is 0 Å². The normalized spacial score (nSPS) is 11.4. The Morgan fingerprint density at radius 3 is 2.47 bits per heavy atom. The summed E-state index contributed by atoms with van der Waals surface area (Å²) in [6, 6.07) is 15.9. The molecule has 0 radical (unpaired) electrons. The predicted molar refractivity (Wildman–Crippen MR) is 122 cm³/mol. The number of amides is 1. The summed E-state index contributed by atoms with van der Waals surface area (Å²) in [5.41, 5.74) is 4.76. The average molecular weight is 443 g/mol. The molecule has 0 aliphatic heterocycles. The first-order valence-corrected chi connectivity index (χ1v) is 12.5. The second kappa shape index (κ2) is 9.53. The van der Waals surface area contributed by atoms with E-state index < -0.39 is 21.5 Å². The lowest BCUT2D eigenvalue weighted by atomic mass is 10.1. The van der Waals surface area contributed by atoms with Crippen molar-refractivity contribution >= 4 is 27.1 Å². The SMILES string of the molecule is CCc1ccc(-c2nc(CS(=O)(=O)CC(=O)N(C)Cc3ccccc3C)cs2)cc1. The molecule has 0 saturated carbocycles. The van der Waals surface area contributed by atoms with Gasteiger partial charge in [-0.1, -0.05) is 55.5 Å². The first-order valence-electron chi connectivity index (χ1n) is 9.80. The Kier molecular flexibility index (Phi) is 7.05. The number of hydrogen-bond donors (Lipinski definition) is 0. The highest BCUT2D eigenvalue weighted by Gasteiger charge is 2.22. The topological polar surface area (TPSA) is 67.3 Å². The van der Waals surface area contributed by atoms with E-state index in [1.807, 2.05) is 43.3 Å². The van der Waals surface area contributed by atoms with Gasteiger partial charge in [0.05, 0.1) is 11.4 Å². The van der Waals surface area contributed by atoms with Gasteiger partial charge in [0.15, 0.2) is 9.84 Å². The molecule has 7 heteroatoms. The Morgan fingerprint density at radius 2 is 1.80 bits per heavy atom. The minimum absolute atomic E-state index is 0.236. The van der Waals surface area contributed by atoms with E-state index in [1.54, 1.807) is 12.4 Å². The van der Waals surface area contributed by atoms with E-state index in [4.69, 9.17) is 0 Å². The number of rotatable bonds is 8. The van der Waals surface area contributed by atoms with Gasteiger partial charge in [0, 0.05) is 24.5 Å². The number of hydrogen-bond acceptors (Lipinski definition) is 5. The van der Waals surface area contributed by atoms with Gasteiger partial charge in [0.2, 0.25) is 5.91 Å². The lowest BCUT2D eigenvalue weighted by Gasteiger charge is -2.18.